The Labute approximate surface area is 108 Å². The fourth-order valence-electron chi connectivity index (χ4n) is 1.89. The summed E-state index contributed by atoms with van der Waals surface area (Å²) in [5, 5.41) is 0. The Hall–Kier alpha value is -1.87. The van der Waals surface area contributed by atoms with Gasteiger partial charge in [-0.25, -0.2) is 0 Å². The SMILES string of the molecule is CC(N)c1ccc(N(C)Cc2cccnc2)cc1. The zero-order chi connectivity index (χ0) is 13.0. The van der Waals surface area contributed by atoms with Crippen LogP contribution in [0.2, 0.25) is 0 Å². The largest absolute Gasteiger partial charge is 0.370 e. The van der Waals surface area contributed by atoms with Crippen molar-refractivity contribution in [1.82, 2.24) is 4.98 Å². The topological polar surface area (TPSA) is 42.1 Å². The third-order valence-corrected chi connectivity index (χ3v) is 3.00. The molecule has 1 aromatic carbocycles. The number of pyridine rings is 1. The summed E-state index contributed by atoms with van der Waals surface area (Å²) < 4.78 is 0. The molecule has 18 heavy (non-hydrogen) atoms. The molecular formula is C15H19N3. The molecule has 0 fully saturated rings. The minimum Gasteiger partial charge on any atom is -0.370 e. The van der Waals surface area contributed by atoms with E-state index in [2.05, 4.69) is 47.3 Å². The molecule has 1 aromatic heterocycles. The van der Waals surface area contributed by atoms with E-state index in [9.17, 15) is 0 Å². The first-order valence-corrected chi connectivity index (χ1v) is 6.12. The summed E-state index contributed by atoms with van der Waals surface area (Å²) in [7, 11) is 2.08. The van der Waals surface area contributed by atoms with Crippen molar-refractivity contribution < 1.29 is 0 Å². The molecule has 0 aliphatic carbocycles. The molecule has 2 rings (SSSR count). The molecule has 2 N–H and O–H groups in total. The van der Waals surface area contributed by atoms with E-state index in [0.717, 1.165) is 12.1 Å². The molecule has 1 atom stereocenters. The third-order valence-electron chi connectivity index (χ3n) is 3.00. The van der Waals surface area contributed by atoms with Gasteiger partial charge in [0.2, 0.25) is 0 Å². The van der Waals surface area contributed by atoms with Gasteiger partial charge < -0.3 is 10.6 Å². The standard InChI is InChI=1S/C15H19N3/c1-12(16)14-5-7-15(8-6-14)18(2)11-13-4-3-9-17-10-13/h3-10,12H,11,16H2,1-2H3. The van der Waals surface area contributed by atoms with Gasteiger partial charge >= 0.3 is 0 Å². The van der Waals surface area contributed by atoms with Crippen LogP contribution < -0.4 is 10.6 Å². The average molecular weight is 241 g/mol. The van der Waals surface area contributed by atoms with Crippen LogP contribution in [-0.4, -0.2) is 12.0 Å². The number of anilines is 1. The first-order valence-electron chi connectivity index (χ1n) is 6.12. The van der Waals surface area contributed by atoms with Crippen molar-refractivity contribution in [2.45, 2.75) is 19.5 Å². The smallest absolute Gasteiger partial charge is 0.0441 e. The highest BCUT2D eigenvalue weighted by Gasteiger charge is 2.03. The Balaban J connectivity index is 2.07. The second-order valence-corrected chi connectivity index (χ2v) is 4.60. The summed E-state index contributed by atoms with van der Waals surface area (Å²) in [6.45, 7) is 2.85. The van der Waals surface area contributed by atoms with E-state index in [-0.39, 0.29) is 6.04 Å². The predicted molar refractivity (Wildman–Crippen MR) is 75.4 cm³/mol. The first-order chi connectivity index (χ1) is 8.66. The number of aromatic nitrogens is 1. The van der Waals surface area contributed by atoms with E-state index in [1.54, 1.807) is 6.20 Å². The predicted octanol–water partition coefficient (Wildman–Crippen LogP) is 2.74. The van der Waals surface area contributed by atoms with Crippen LogP contribution in [0.5, 0.6) is 0 Å². The average Bonchev–Trinajstić information content (AvgIpc) is 2.40. The molecule has 1 unspecified atom stereocenters. The van der Waals surface area contributed by atoms with Crippen LogP contribution in [0.1, 0.15) is 24.1 Å². The Morgan fingerprint density at radius 2 is 1.94 bits per heavy atom. The third kappa shape index (κ3) is 3.08. The number of nitrogens with zero attached hydrogens (tertiary/aromatic N) is 2. The Morgan fingerprint density at radius 1 is 1.22 bits per heavy atom. The lowest BCUT2D eigenvalue weighted by molar-refractivity contribution is 0.817. The Bertz CT molecular complexity index is 477. The second-order valence-electron chi connectivity index (χ2n) is 4.60. The van der Waals surface area contributed by atoms with Gasteiger partial charge in [-0.1, -0.05) is 18.2 Å². The van der Waals surface area contributed by atoms with Crippen LogP contribution in [0.3, 0.4) is 0 Å². The highest BCUT2D eigenvalue weighted by Crippen LogP contribution is 2.18. The molecule has 0 aliphatic heterocycles. The van der Waals surface area contributed by atoms with Crippen molar-refractivity contribution in [3.8, 4) is 0 Å². The lowest BCUT2D eigenvalue weighted by Crippen LogP contribution is -2.16. The highest BCUT2D eigenvalue weighted by atomic mass is 15.1. The van der Waals surface area contributed by atoms with Gasteiger partial charge in [0.1, 0.15) is 0 Å². The molecule has 0 bridgehead atoms. The summed E-state index contributed by atoms with van der Waals surface area (Å²) in [5.41, 5.74) is 9.39. The maximum absolute atomic E-state index is 5.84. The molecule has 0 radical (unpaired) electrons. The van der Waals surface area contributed by atoms with E-state index in [4.69, 9.17) is 5.73 Å². The minimum atomic E-state index is 0.0858. The molecule has 94 valence electrons. The first kappa shape index (κ1) is 12.6. The molecule has 0 saturated carbocycles. The number of hydrogen-bond acceptors (Lipinski definition) is 3. The van der Waals surface area contributed by atoms with Gasteiger partial charge in [-0.2, -0.15) is 0 Å². The number of hydrogen-bond donors (Lipinski definition) is 1. The summed E-state index contributed by atoms with van der Waals surface area (Å²) in [6.07, 6.45) is 3.69. The second kappa shape index (κ2) is 5.65. The summed E-state index contributed by atoms with van der Waals surface area (Å²) >= 11 is 0. The number of rotatable bonds is 4. The van der Waals surface area contributed by atoms with Crippen molar-refractivity contribution in [3.63, 3.8) is 0 Å². The van der Waals surface area contributed by atoms with Crippen molar-refractivity contribution in [2.75, 3.05) is 11.9 Å². The fourth-order valence-corrected chi connectivity index (χ4v) is 1.89. The molecule has 0 amide bonds. The lowest BCUT2D eigenvalue weighted by atomic mass is 10.1. The van der Waals surface area contributed by atoms with Gasteiger partial charge in [0, 0.05) is 37.7 Å². The molecule has 2 aromatic rings. The molecule has 0 spiro atoms. The quantitative estimate of drug-likeness (QED) is 0.895. The summed E-state index contributed by atoms with van der Waals surface area (Å²) in [5.74, 6) is 0. The Kier molecular flexibility index (Phi) is 3.95. The molecule has 3 nitrogen and oxygen atoms in total. The fraction of sp³-hybridized carbons (Fsp3) is 0.267. The molecular weight excluding hydrogens is 222 g/mol. The molecule has 3 heteroatoms. The van der Waals surface area contributed by atoms with E-state index in [0.29, 0.717) is 0 Å². The maximum atomic E-state index is 5.84. The van der Waals surface area contributed by atoms with Crippen LogP contribution in [0.15, 0.2) is 48.8 Å². The lowest BCUT2D eigenvalue weighted by Gasteiger charge is -2.20. The van der Waals surface area contributed by atoms with Gasteiger partial charge in [-0.15, -0.1) is 0 Å². The van der Waals surface area contributed by atoms with Crippen molar-refractivity contribution in [3.05, 3.63) is 59.9 Å². The number of nitrogens with two attached hydrogens (primary N) is 1. The van der Waals surface area contributed by atoms with Crippen molar-refractivity contribution >= 4 is 5.69 Å². The van der Waals surface area contributed by atoms with E-state index >= 15 is 0 Å². The van der Waals surface area contributed by atoms with Crippen molar-refractivity contribution in [1.29, 1.82) is 0 Å². The van der Waals surface area contributed by atoms with Gasteiger partial charge in [-0.05, 0) is 36.2 Å². The van der Waals surface area contributed by atoms with Crippen molar-refractivity contribution in [2.24, 2.45) is 5.73 Å². The van der Waals surface area contributed by atoms with Gasteiger partial charge in [-0.3, -0.25) is 4.98 Å². The van der Waals surface area contributed by atoms with E-state index in [1.807, 2.05) is 19.2 Å². The van der Waals surface area contributed by atoms with Crippen LogP contribution >= 0.6 is 0 Å². The van der Waals surface area contributed by atoms with Crippen LogP contribution in [0.25, 0.3) is 0 Å². The van der Waals surface area contributed by atoms with E-state index < -0.39 is 0 Å². The summed E-state index contributed by atoms with van der Waals surface area (Å²) in [6, 6.07) is 12.5. The van der Waals surface area contributed by atoms with Gasteiger partial charge in [0.25, 0.3) is 0 Å². The van der Waals surface area contributed by atoms with Crippen LogP contribution in [0, 0.1) is 0 Å². The molecule has 0 aliphatic rings. The normalized spacial score (nSPS) is 12.2. The molecule has 1 heterocycles. The zero-order valence-electron chi connectivity index (χ0n) is 10.9. The summed E-state index contributed by atoms with van der Waals surface area (Å²) in [4.78, 5) is 6.32. The maximum Gasteiger partial charge on any atom is 0.0441 e. The minimum absolute atomic E-state index is 0.0858. The monoisotopic (exact) mass is 241 g/mol. The van der Waals surface area contributed by atoms with Crippen LogP contribution in [-0.2, 0) is 6.54 Å². The highest BCUT2D eigenvalue weighted by molar-refractivity contribution is 5.47. The molecule has 0 saturated heterocycles. The zero-order valence-corrected chi connectivity index (χ0v) is 10.9. The van der Waals surface area contributed by atoms with Gasteiger partial charge in [0.15, 0.2) is 0 Å². The van der Waals surface area contributed by atoms with Crippen LogP contribution in [0.4, 0.5) is 5.69 Å². The van der Waals surface area contributed by atoms with Gasteiger partial charge in [0.05, 0.1) is 0 Å². The number of benzene rings is 1. The Morgan fingerprint density at radius 3 is 2.50 bits per heavy atom. The van der Waals surface area contributed by atoms with E-state index in [1.165, 1.54) is 11.3 Å².